The number of ether oxygens (including phenoxy) is 2. The maximum Gasteiger partial charge on any atom is 0.349 e. The lowest BCUT2D eigenvalue weighted by Crippen LogP contribution is -2.39. The molecule has 1 unspecified atom stereocenters. The van der Waals surface area contributed by atoms with Crippen molar-refractivity contribution >= 4 is 36.1 Å². The van der Waals surface area contributed by atoms with Gasteiger partial charge < -0.3 is 18.9 Å². The number of aryl methyl sites for hydroxylation is 2. The number of hydrogen-bond acceptors (Lipinski definition) is 10. The minimum Gasteiger partial charge on any atom is -0.465 e. The maximum absolute atomic E-state index is 13.6. The molecule has 236 valence electrons. The highest BCUT2D eigenvalue weighted by atomic mass is 31.2. The molecule has 1 aromatic rings. The standard InChI is InChI=1S/C28H42N7O7P/c1-7-41-23(36)17-29-43(40,33-19(4)27(38)42-8-2)14-12-10-9-11-13-35-22-16-21(34(5)6)18(3)15-20(22)30-24-25(35)31-28(39)32-26(24)37/h15-16,19H,7-14,17H2,1-6H3,(H2,29,33,40)(H,32,37,39)/t19-,43?/m0/s1. The lowest BCUT2D eigenvalue weighted by molar-refractivity contribution is -0.144. The lowest BCUT2D eigenvalue weighted by Gasteiger charge is -2.24. The van der Waals surface area contributed by atoms with Gasteiger partial charge in [-0.1, -0.05) is 12.8 Å². The van der Waals surface area contributed by atoms with Gasteiger partial charge in [-0.3, -0.25) is 23.9 Å². The highest BCUT2D eigenvalue weighted by Crippen LogP contribution is 2.38. The van der Waals surface area contributed by atoms with Crippen molar-refractivity contribution < 1.29 is 23.6 Å². The highest BCUT2D eigenvalue weighted by molar-refractivity contribution is 7.59. The largest absolute Gasteiger partial charge is 0.465 e. The summed E-state index contributed by atoms with van der Waals surface area (Å²) in [6.07, 6.45) is 2.87. The van der Waals surface area contributed by atoms with Gasteiger partial charge in [-0.05, 0) is 58.2 Å². The van der Waals surface area contributed by atoms with Crippen molar-refractivity contribution in [3.05, 3.63) is 38.5 Å². The van der Waals surface area contributed by atoms with Gasteiger partial charge in [0.05, 0.1) is 24.2 Å². The van der Waals surface area contributed by atoms with E-state index in [-0.39, 0.29) is 37.4 Å². The molecule has 14 nitrogen and oxygen atoms in total. The lowest BCUT2D eigenvalue weighted by atomic mass is 10.1. The van der Waals surface area contributed by atoms with Gasteiger partial charge >= 0.3 is 17.6 Å². The molecule has 43 heavy (non-hydrogen) atoms. The Kier molecular flexibility index (Phi) is 12.0. The van der Waals surface area contributed by atoms with Crippen LogP contribution in [0.15, 0.2) is 21.7 Å². The van der Waals surface area contributed by atoms with Gasteiger partial charge in [0.2, 0.25) is 7.44 Å². The average molecular weight is 620 g/mol. The molecule has 2 heterocycles. The number of rotatable bonds is 16. The normalized spacial score (nSPS) is 13.5. The number of benzene rings is 1. The van der Waals surface area contributed by atoms with Crippen LogP contribution >= 0.6 is 7.44 Å². The Morgan fingerprint density at radius 1 is 1.07 bits per heavy atom. The first kappa shape index (κ1) is 33.9. The van der Waals surface area contributed by atoms with Crippen LogP contribution in [0.25, 0.3) is 22.6 Å². The summed E-state index contributed by atoms with van der Waals surface area (Å²) < 4.78 is 25.5. The van der Waals surface area contributed by atoms with Crippen LogP contribution in [0.2, 0.25) is 0 Å². The number of aromatic nitrogens is 4. The molecule has 1 aromatic carbocycles. The Labute approximate surface area is 250 Å². The third-order valence-corrected chi connectivity index (χ3v) is 9.26. The minimum absolute atomic E-state index is 0.0968. The van der Waals surface area contributed by atoms with Crippen LogP contribution in [0.5, 0.6) is 0 Å². The quantitative estimate of drug-likeness (QED) is 0.0925. The molecule has 0 bridgehead atoms. The van der Waals surface area contributed by atoms with E-state index in [2.05, 4.69) is 25.1 Å². The summed E-state index contributed by atoms with van der Waals surface area (Å²) in [4.78, 5) is 61.5. The molecule has 15 heteroatoms. The number of unbranched alkanes of at least 4 members (excludes halogenated alkanes) is 3. The van der Waals surface area contributed by atoms with Crippen LogP contribution in [-0.2, 0) is 30.2 Å². The van der Waals surface area contributed by atoms with Crippen LogP contribution in [0.4, 0.5) is 5.69 Å². The van der Waals surface area contributed by atoms with Gasteiger partial charge in [-0.25, -0.2) is 20.0 Å². The number of carbonyl (C=O) groups excluding carboxylic acids is 2. The Hall–Kier alpha value is -3.61. The second kappa shape index (κ2) is 15.2. The van der Waals surface area contributed by atoms with Gasteiger partial charge in [-0.2, -0.15) is 4.98 Å². The SMILES string of the molecule is CCOC(=O)CNP(=O)(CCCCCCn1c2nc(=O)[nH]c(=O)c-2nc2cc(C)c(N(C)C)cc21)N[C@@H](C)C(=O)OCC. The van der Waals surface area contributed by atoms with E-state index >= 15 is 0 Å². The summed E-state index contributed by atoms with van der Waals surface area (Å²) in [6.45, 7) is 7.52. The number of anilines is 1. The number of nitrogens with one attached hydrogen (secondary N) is 3. The summed E-state index contributed by atoms with van der Waals surface area (Å²) in [5.41, 5.74) is 2.12. The van der Waals surface area contributed by atoms with Gasteiger partial charge in [0.15, 0.2) is 11.5 Å². The van der Waals surface area contributed by atoms with Crippen LogP contribution < -0.4 is 26.3 Å². The van der Waals surface area contributed by atoms with E-state index < -0.39 is 36.7 Å². The molecule has 2 atom stereocenters. The molecule has 2 aliphatic rings. The van der Waals surface area contributed by atoms with Crippen molar-refractivity contribution in [1.82, 2.24) is 29.7 Å². The Morgan fingerprint density at radius 2 is 1.77 bits per heavy atom. The first-order valence-electron chi connectivity index (χ1n) is 14.5. The smallest absolute Gasteiger partial charge is 0.349 e. The average Bonchev–Trinajstić information content (AvgIpc) is 2.93. The first-order chi connectivity index (χ1) is 20.4. The second-order valence-electron chi connectivity index (χ2n) is 10.4. The molecule has 0 saturated heterocycles. The van der Waals surface area contributed by atoms with Crippen LogP contribution in [0.3, 0.4) is 0 Å². The zero-order chi connectivity index (χ0) is 31.7. The van der Waals surface area contributed by atoms with E-state index in [1.165, 1.54) is 0 Å². The van der Waals surface area contributed by atoms with Crippen molar-refractivity contribution in [3.63, 3.8) is 0 Å². The third kappa shape index (κ3) is 8.94. The Morgan fingerprint density at radius 3 is 2.44 bits per heavy atom. The van der Waals surface area contributed by atoms with E-state index in [1.54, 1.807) is 20.8 Å². The fourth-order valence-electron chi connectivity index (χ4n) is 4.83. The first-order valence-corrected chi connectivity index (χ1v) is 16.3. The minimum atomic E-state index is -3.34. The van der Waals surface area contributed by atoms with Crippen molar-refractivity contribution in [2.75, 3.05) is 44.9 Å². The molecular formula is C28H42N7O7P. The molecule has 3 N–H and O–H groups in total. The van der Waals surface area contributed by atoms with E-state index in [4.69, 9.17) is 9.47 Å². The van der Waals surface area contributed by atoms with Crippen LogP contribution in [0.1, 0.15) is 52.0 Å². The summed E-state index contributed by atoms with van der Waals surface area (Å²) in [7, 11) is 0.542. The molecule has 0 aliphatic carbocycles. The molecule has 2 aliphatic heterocycles. The van der Waals surface area contributed by atoms with Crippen molar-refractivity contribution in [3.8, 4) is 11.5 Å². The van der Waals surface area contributed by atoms with E-state index in [0.717, 1.165) is 23.2 Å². The van der Waals surface area contributed by atoms with E-state index in [9.17, 15) is 23.7 Å². The number of aromatic amines is 1. The molecular weight excluding hydrogens is 577 g/mol. The third-order valence-electron chi connectivity index (χ3n) is 6.84. The maximum atomic E-state index is 13.6. The topological polar surface area (TPSA) is 178 Å². The molecule has 0 saturated carbocycles. The number of carbonyl (C=O) groups is 2. The molecule has 0 spiro atoms. The van der Waals surface area contributed by atoms with Crippen LogP contribution in [-0.4, -0.2) is 77.5 Å². The Balaban J connectivity index is 1.73. The number of hydrogen-bond donors (Lipinski definition) is 3. The number of fused-ring (bicyclic) bond motifs is 2. The Bertz CT molecular complexity index is 1570. The number of nitrogens with zero attached hydrogens (tertiary/aromatic N) is 4. The number of H-pyrrole nitrogens is 1. The highest BCUT2D eigenvalue weighted by Gasteiger charge is 2.28. The molecule has 0 fully saturated rings. The predicted octanol–water partition coefficient (Wildman–Crippen LogP) is 2.41. The summed E-state index contributed by atoms with van der Waals surface area (Å²) in [5.74, 6) is -0.848. The predicted molar refractivity (Wildman–Crippen MR) is 165 cm³/mol. The van der Waals surface area contributed by atoms with E-state index in [0.29, 0.717) is 31.3 Å². The van der Waals surface area contributed by atoms with Crippen molar-refractivity contribution in [2.24, 2.45) is 0 Å². The summed E-state index contributed by atoms with van der Waals surface area (Å²) in [6, 6.07) is 3.06. The second-order valence-corrected chi connectivity index (χ2v) is 12.9. The van der Waals surface area contributed by atoms with Crippen molar-refractivity contribution in [2.45, 2.75) is 66.0 Å². The van der Waals surface area contributed by atoms with Gasteiger partial charge in [0.1, 0.15) is 12.6 Å². The zero-order valence-electron chi connectivity index (χ0n) is 25.7. The molecule has 3 rings (SSSR count). The van der Waals surface area contributed by atoms with Crippen molar-refractivity contribution in [1.29, 1.82) is 0 Å². The summed E-state index contributed by atoms with van der Waals surface area (Å²) in [5, 5.41) is 5.61. The summed E-state index contributed by atoms with van der Waals surface area (Å²) >= 11 is 0. The molecule has 0 amide bonds. The molecule has 0 aromatic heterocycles. The number of esters is 2. The monoisotopic (exact) mass is 619 g/mol. The van der Waals surface area contributed by atoms with Crippen LogP contribution in [0, 0.1) is 6.92 Å². The molecule has 0 radical (unpaired) electrons. The fourth-order valence-corrected chi connectivity index (χ4v) is 6.99. The van der Waals surface area contributed by atoms with E-state index in [1.807, 2.05) is 42.6 Å². The van der Waals surface area contributed by atoms with Gasteiger partial charge in [0.25, 0.3) is 5.56 Å². The van der Waals surface area contributed by atoms with Gasteiger partial charge in [0, 0.05) is 32.5 Å². The van der Waals surface area contributed by atoms with Gasteiger partial charge in [-0.15, -0.1) is 0 Å². The zero-order valence-corrected chi connectivity index (χ0v) is 26.6. The fraction of sp³-hybridized carbons (Fsp3) is 0.571.